The van der Waals surface area contributed by atoms with Gasteiger partial charge >= 0.3 is 0 Å². The van der Waals surface area contributed by atoms with Gasteiger partial charge in [0, 0.05) is 5.56 Å². The third-order valence-corrected chi connectivity index (χ3v) is 1.65. The zero-order valence-corrected chi connectivity index (χ0v) is 7.06. The first-order chi connectivity index (χ1) is 6.56. The number of hydrogen-bond donors (Lipinski definition) is 2. The van der Waals surface area contributed by atoms with Gasteiger partial charge in [0.1, 0.15) is 5.69 Å². The summed E-state index contributed by atoms with van der Waals surface area (Å²) < 4.78 is 0. The molecule has 0 radical (unpaired) electrons. The highest BCUT2D eigenvalue weighted by atomic mass is 16.3. The molecule has 0 saturated heterocycles. The van der Waals surface area contributed by atoms with E-state index in [1.54, 1.807) is 0 Å². The van der Waals surface area contributed by atoms with Crippen molar-refractivity contribution in [3.63, 3.8) is 0 Å². The molecule has 6 nitrogen and oxygen atoms in total. The lowest BCUT2D eigenvalue weighted by atomic mass is 10.1. The fourth-order valence-corrected chi connectivity index (χ4v) is 0.969. The predicted molar refractivity (Wildman–Crippen MR) is 48.9 cm³/mol. The number of amides is 2. The van der Waals surface area contributed by atoms with E-state index in [9.17, 15) is 14.5 Å². The van der Waals surface area contributed by atoms with Crippen molar-refractivity contribution in [2.75, 3.05) is 0 Å². The number of primary amides is 2. The van der Waals surface area contributed by atoms with Gasteiger partial charge in [0.25, 0.3) is 5.91 Å². The summed E-state index contributed by atoms with van der Waals surface area (Å²) in [6.45, 7) is 0. The maximum absolute atomic E-state index is 10.8. The number of nitrogens with zero attached hydrogens (tertiary/aromatic N) is 1. The van der Waals surface area contributed by atoms with Crippen molar-refractivity contribution < 1.29 is 9.59 Å². The third kappa shape index (κ3) is 1.74. The van der Waals surface area contributed by atoms with Crippen LogP contribution in [0, 0.1) is 4.91 Å². The molecule has 1 aromatic carbocycles. The van der Waals surface area contributed by atoms with Gasteiger partial charge in [0.2, 0.25) is 5.91 Å². The maximum atomic E-state index is 10.8. The van der Waals surface area contributed by atoms with E-state index in [1.165, 1.54) is 12.1 Å². The average Bonchev–Trinajstić information content (AvgIpc) is 2.16. The van der Waals surface area contributed by atoms with Crippen LogP contribution in [0.4, 0.5) is 5.69 Å². The van der Waals surface area contributed by atoms with Crippen molar-refractivity contribution in [1.82, 2.24) is 0 Å². The van der Waals surface area contributed by atoms with Gasteiger partial charge in [0.15, 0.2) is 0 Å². The van der Waals surface area contributed by atoms with E-state index in [1.807, 2.05) is 0 Å². The van der Waals surface area contributed by atoms with Gasteiger partial charge in [0.05, 0.1) is 5.56 Å². The Kier molecular flexibility index (Phi) is 2.57. The summed E-state index contributed by atoms with van der Waals surface area (Å²) >= 11 is 0. The lowest BCUT2D eigenvalue weighted by molar-refractivity contribution is 0.0989. The Balaban J connectivity index is 3.32. The monoisotopic (exact) mass is 193 g/mol. The van der Waals surface area contributed by atoms with E-state index in [0.29, 0.717) is 0 Å². The first-order valence-electron chi connectivity index (χ1n) is 3.63. The molecule has 0 aliphatic heterocycles. The van der Waals surface area contributed by atoms with E-state index in [4.69, 9.17) is 11.5 Å². The van der Waals surface area contributed by atoms with Crippen LogP contribution in [-0.4, -0.2) is 11.8 Å². The highest BCUT2D eigenvalue weighted by Gasteiger charge is 2.11. The van der Waals surface area contributed by atoms with Crippen LogP contribution < -0.4 is 11.5 Å². The number of carbonyl (C=O) groups excluding carboxylic acids is 2. The molecule has 0 atom stereocenters. The standard InChI is InChI=1S/C8H7N3O3/c9-7(12)4-1-2-5(8(10)13)6(3-4)11-14/h1-3H,(H2,9,12)(H2,10,13). The van der Waals surface area contributed by atoms with Gasteiger partial charge in [-0.2, -0.15) is 0 Å². The van der Waals surface area contributed by atoms with E-state index in [0.717, 1.165) is 6.07 Å². The minimum Gasteiger partial charge on any atom is -0.366 e. The van der Waals surface area contributed by atoms with Crippen LogP contribution in [0.5, 0.6) is 0 Å². The summed E-state index contributed by atoms with van der Waals surface area (Å²) in [6.07, 6.45) is 0. The minimum atomic E-state index is -0.782. The second-order valence-corrected chi connectivity index (χ2v) is 2.55. The molecule has 0 saturated carbocycles. The molecular formula is C8H7N3O3. The van der Waals surface area contributed by atoms with Gasteiger partial charge in [-0.05, 0) is 23.4 Å². The molecule has 1 rings (SSSR count). The molecule has 0 spiro atoms. The lowest BCUT2D eigenvalue weighted by Crippen LogP contribution is -2.14. The number of carbonyl (C=O) groups is 2. The molecule has 0 fully saturated rings. The van der Waals surface area contributed by atoms with Gasteiger partial charge in [-0.1, -0.05) is 0 Å². The Labute approximate surface area is 78.9 Å². The quantitative estimate of drug-likeness (QED) is 0.671. The van der Waals surface area contributed by atoms with Crippen LogP contribution in [0.1, 0.15) is 20.7 Å². The Bertz CT molecular complexity index is 414. The predicted octanol–water partition coefficient (Wildman–Crippen LogP) is 0.282. The molecule has 0 bridgehead atoms. The molecular weight excluding hydrogens is 186 g/mol. The Morgan fingerprint density at radius 3 is 2.21 bits per heavy atom. The van der Waals surface area contributed by atoms with Gasteiger partial charge < -0.3 is 11.5 Å². The Hall–Kier alpha value is -2.24. The summed E-state index contributed by atoms with van der Waals surface area (Å²) in [5, 5.41) is 2.58. The lowest BCUT2D eigenvalue weighted by Gasteiger charge is -2.00. The van der Waals surface area contributed by atoms with Crippen molar-refractivity contribution in [2.45, 2.75) is 0 Å². The maximum Gasteiger partial charge on any atom is 0.251 e. The van der Waals surface area contributed by atoms with Crippen LogP contribution >= 0.6 is 0 Å². The molecule has 6 heteroatoms. The number of nitroso groups, excluding NO2 is 1. The summed E-state index contributed by atoms with van der Waals surface area (Å²) in [4.78, 5) is 31.8. The van der Waals surface area contributed by atoms with Crippen LogP contribution in [-0.2, 0) is 0 Å². The van der Waals surface area contributed by atoms with Crippen molar-refractivity contribution in [2.24, 2.45) is 16.6 Å². The SMILES string of the molecule is NC(=O)c1ccc(C(N)=O)c(N=O)c1. The molecule has 2 amide bonds. The molecule has 0 aromatic heterocycles. The summed E-state index contributed by atoms with van der Waals surface area (Å²) in [5.41, 5.74) is 9.81. The van der Waals surface area contributed by atoms with Crippen LogP contribution in [0.15, 0.2) is 23.4 Å². The van der Waals surface area contributed by atoms with E-state index in [-0.39, 0.29) is 16.8 Å². The first kappa shape index (κ1) is 9.85. The van der Waals surface area contributed by atoms with Crippen LogP contribution in [0.2, 0.25) is 0 Å². The molecule has 72 valence electrons. The van der Waals surface area contributed by atoms with Gasteiger partial charge in [-0.25, -0.2) is 0 Å². The fourth-order valence-electron chi connectivity index (χ4n) is 0.969. The Morgan fingerprint density at radius 2 is 1.79 bits per heavy atom. The third-order valence-electron chi connectivity index (χ3n) is 1.65. The molecule has 1 aromatic rings. The smallest absolute Gasteiger partial charge is 0.251 e. The largest absolute Gasteiger partial charge is 0.366 e. The minimum absolute atomic E-state index is 0.0370. The van der Waals surface area contributed by atoms with E-state index in [2.05, 4.69) is 5.18 Å². The number of rotatable bonds is 3. The highest BCUT2D eigenvalue weighted by Crippen LogP contribution is 2.19. The number of hydrogen-bond acceptors (Lipinski definition) is 4. The van der Waals surface area contributed by atoms with Crippen molar-refractivity contribution in [1.29, 1.82) is 0 Å². The van der Waals surface area contributed by atoms with Crippen LogP contribution in [0.3, 0.4) is 0 Å². The van der Waals surface area contributed by atoms with Crippen molar-refractivity contribution in [3.8, 4) is 0 Å². The molecule has 14 heavy (non-hydrogen) atoms. The van der Waals surface area contributed by atoms with Gasteiger partial charge in [-0.3, -0.25) is 9.59 Å². The zero-order valence-electron chi connectivity index (χ0n) is 7.06. The topological polar surface area (TPSA) is 116 Å². The molecule has 0 aliphatic carbocycles. The van der Waals surface area contributed by atoms with Crippen molar-refractivity contribution >= 4 is 17.5 Å². The number of nitrogens with two attached hydrogens (primary N) is 2. The summed E-state index contributed by atoms with van der Waals surface area (Å²) in [5.74, 6) is -1.48. The molecule has 0 unspecified atom stereocenters. The normalized spacial score (nSPS) is 9.43. The van der Waals surface area contributed by atoms with Gasteiger partial charge in [-0.15, -0.1) is 4.91 Å². The number of benzene rings is 1. The summed E-state index contributed by atoms with van der Waals surface area (Å²) in [7, 11) is 0. The van der Waals surface area contributed by atoms with Crippen molar-refractivity contribution in [3.05, 3.63) is 34.2 Å². The summed E-state index contributed by atoms with van der Waals surface area (Å²) in [6, 6.07) is 3.66. The second kappa shape index (κ2) is 3.65. The second-order valence-electron chi connectivity index (χ2n) is 2.55. The molecule has 4 N–H and O–H groups in total. The van der Waals surface area contributed by atoms with Crippen LogP contribution in [0.25, 0.3) is 0 Å². The highest BCUT2D eigenvalue weighted by molar-refractivity contribution is 6.00. The molecule has 0 heterocycles. The fraction of sp³-hybridized carbons (Fsp3) is 0. The molecule has 0 aliphatic rings. The zero-order chi connectivity index (χ0) is 10.7. The van der Waals surface area contributed by atoms with E-state index < -0.39 is 11.8 Å². The first-order valence-corrected chi connectivity index (χ1v) is 3.63. The van der Waals surface area contributed by atoms with E-state index >= 15 is 0 Å². The Morgan fingerprint density at radius 1 is 1.14 bits per heavy atom. The average molecular weight is 193 g/mol.